The minimum absolute atomic E-state index is 0.184. The molecular formula is C8H13N4O8P. The van der Waals surface area contributed by atoms with Crippen molar-refractivity contribution in [1.29, 1.82) is 0 Å². The van der Waals surface area contributed by atoms with Gasteiger partial charge >= 0.3 is 13.3 Å². The molecule has 12 nitrogen and oxygen atoms in total. The fourth-order valence-corrected chi connectivity index (χ4v) is 2.49. The summed E-state index contributed by atoms with van der Waals surface area (Å²) in [4.78, 5) is 32.7. The van der Waals surface area contributed by atoms with Crippen molar-refractivity contribution in [2.75, 3.05) is 5.73 Å². The molecule has 0 amide bonds. The predicted molar refractivity (Wildman–Crippen MR) is 64.7 cm³/mol. The van der Waals surface area contributed by atoms with Gasteiger partial charge in [-0.3, -0.25) is 4.57 Å². The van der Waals surface area contributed by atoms with E-state index in [4.69, 9.17) is 20.3 Å². The first-order valence-electron chi connectivity index (χ1n) is 5.59. The molecule has 1 aliphatic heterocycles. The number of aliphatic hydroxyl groups excluding tert-OH is 3. The molecule has 1 saturated heterocycles. The summed E-state index contributed by atoms with van der Waals surface area (Å²) in [6.45, 7) is 0. The van der Waals surface area contributed by atoms with Gasteiger partial charge in [0.2, 0.25) is 0 Å². The fraction of sp³-hybridized carbons (Fsp3) is 0.625. The summed E-state index contributed by atoms with van der Waals surface area (Å²) in [7, 11) is -4.99. The zero-order valence-electron chi connectivity index (χ0n) is 10.3. The molecule has 0 aromatic carbocycles. The molecule has 7 N–H and O–H groups in total. The van der Waals surface area contributed by atoms with Crippen LogP contribution in [0.2, 0.25) is 0 Å². The molecule has 1 fully saturated rings. The Morgan fingerprint density at radius 1 is 1.38 bits per heavy atom. The second kappa shape index (κ2) is 5.42. The Morgan fingerprint density at radius 3 is 2.52 bits per heavy atom. The average molecular weight is 324 g/mol. The first-order valence-corrected chi connectivity index (χ1v) is 7.27. The molecule has 1 aliphatic rings. The van der Waals surface area contributed by atoms with Crippen molar-refractivity contribution in [2.45, 2.75) is 30.4 Å². The molecule has 13 heteroatoms. The first kappa shape index (κ1) is 16.0. The summed E-state index contributed by atoms with van der Waals surface area (Å²) in [5.41, 5.74) is 4.24. The van der Waals surface area contributed by atoms with Gasteiger partial charge in [-0.25, -0.2) is 4.79 Å². The van der Waals surface area contributed by atoms with E-state index in [0.717, 1.165) is 6.20 Å². The molecule has 1 aromatic heterocycles. The molecule has 21 heavy (non-hydrogen) atoms. The molecule has 0 radical (unpaired) electrons. The van der Waals surface area contributed by atoms with Gasteiger partial charge in [-0.2, -0.15) is 14.8 Å². The Labute approximate surface area is 116 Å². The Bertz CT molecular complexity index is 631. The van der Waals surface area contributed by atoms with E-state index >= 15 is 0 Å². The van der Waals surface area contributed by atoms with Crippen molar-refractivity contribution < 1.29 is 34.4 Å². The SMILES string of the molecule is Nc1cnn([C@@H]2O[C@H]([C@H](O)P(=O)(O)O)[C@@H](O)[C@H]2O)c(=O)n1. The lowest BCUT2D eigenvalue weighted by Crippen LogP contribution is -2.39. The highest BCUT2D eigenvalue weighted by Gasteiger charge is 2.52. The summed E-state index contributed by atoms with van der Waals surface area (Å²) >= 11 is 0. The van der Waals surface area contributed by atoms with Crippen LogP contribution < -0.4 is 11.4 Å². The van der Waals surface area contributed by atoms with Gasteiger partial charge in [0, 0.05) is 0 Å². The largest absolute Gasteiger partial charge is 0.387 e. The monoisotopic (exact) mass is 324 g/mol. The topological polar surface area (TPSA) is 201 Å². The van der Waals surface area contributed by atoms with Gasteiger partial charge in [-0.1, -0.05) is 0 Å². The fourth-order valence-electron chi connectivity index (χ4n) is 1.86. The van der Waals surface area contributed by atoms with Crippen molar-refractivity contribution in [3.8, 4) is 0 Å². The van der Waals surface area contributed by atoms with Crippen LogP contribution >= 0.6 is 7.60 Å². The van der Waals surface area contributed by atoms with Crippen molar-refractivity contribution in [3.63, 3.8) is 0 Å². The van der Waals surface area contributed by atoms with Gasteiger partial charge in [0.15, 0.2) is 12.1 Å². The number of anilines is 1. The summed E-state index contributed by atoms with van der Waals surface area (Å²) in [6, 6.07) is 0. The maximum absolute atomic E-state index is 11.6. The number of hydrogen-bond donors (Lipinski definition) is 6. The molecule has 5 atom stereocenters. The lowest BCUT2D eigenvalue weighted by molar-refractivity contribution is -0.0748. The summed E-state index contributed by atoms with van der Waals surface area (Å²) < 4.78 is 16.5. The van der Waals surface area contributed by atoms with Gasteiger partial charge in [0.25, 0.3) is 0 Å². The first-order chi connectivity index (χ1) is 9.62. The number of rotatable bonds is 3. The third-order valence-electron chi connectivity index (χ3n) is 2.89. The second-order valence-electron chi connectivity index (χ2n) is 4.38. The molecule has 0 saturated carbocycles. The van der Waals surface area contributed by atoms with Crippen LogP contribution in [-0.2, 0) is 9.30 Å². The van der Waals surface area contributed by atoms with Gasteiger partial charge < -0.3 is 35.6 Å². The quantitative estimate of drug-likeness (QED) is 0.299. The zero-order chi connectivity index (χ0) is 15.9. The third kappa shape index (κ3) is 2.96. The smallest absolute Gasteiger partial charge is 0.368 e. The van der Waals surface area contributed by atoms with Crippen LogP contribution in [0.25, 0.3) is 0 Å². The maximum Gasteiger partial charge on any atom is 0.368 e. The van der Waals surface area contributed by atoms with E-state index in [1.165, 1.54) is 0 Å². The van der Waals surface area contributed by atoms with Gasteiger partial charge in [0.1, 0.15) is 24.1 Å². The molecule has 118 valence electrons. The summed E-state index contributed by atoms with van der Waals surface area (Å²) in [5.74, 6) is -2.55. The Hall–Kier alpha value is -1.40. The van der Waals surface area contributed by atoms with Crippen molar-refractivity contribution in [3.05, 3.63) is 16.7 Å². The highest BCUT2D eigenvalue weighted by Crippen LogP contribution is 2.46. The number of nitrogens with two attached hydrogens (primary N) is 1. The lowest BCUT2D eigenvalue weighted by atomic mass is 10.1. The van der Waals surface area contributed by atoms with E-state index < -0.39 is 43.7 Å². The summed E-state index contributed by atoms with van der Waals surface area (Å²) in [5, 5.41) is 32.5. The maximum atomic E-state index is 11.6. The number of hydrogen-bond acceptors (Lipinski definition) is 9. The molecule has 0 bridgehead atoms. The number of nitrogen functional groups attached to an aromatic ring is 1. The average Bonchev–Trinajstić information content (AvgIpc) is 2.65. The Kier molecular flexibility index (Phi) is 4.13. The van der Waals surface area contributed by atoms with Crippen LogP contribution in [0.1, 0.15) is 6.23 Å². The third-order valence-corrected chi connectivity index (χ3v) is 3.87. The van der Waals surface area contributed by atoms with Crippen molar-refractivity contribution in [1.82, 2.24) is 14.8 Å². The van der Waals surface area contributed by atoms with Crippen LogP contribution in [-0.4, -0.2) is 64.0 Å². The van der Waals surface area contributed by atoms with E-state index in [1.807, 2.05) is 0 Å². The van der Waals surface area contributed by atoms with E-state index in [2.05, 4.69) is 10.1 Å². The van der Waals surface area contributed by atoms with Gasteiger partial charge in [-0.05, 0) is 0 Å². The highest BCUT2D eigenvalue weighted by molar-refractivity contribution is 7.52. The zero-order valence-corrected chi connectivity index (χ0v) is 11.2. The number of aliphatic hydroxyl groups is 3. The number of ether oxygens (including phenoxy) is 1. The van der Waals surface area contributed by atoms with Crippen LogP contribution in [0.4, 0.5) is 5.82 Å². The molecular weight excluding hydrogens is 311 g/mol. The van der Waals surface area contributed by atoms with Crippen LogP contribution in [0, 0.1) is 0 Å². The minimum atomic E-state index is -4.99. The Morgan fingerprint density at radius 2 is 2.00 bits per heavy atom. The van der Waals surface area contributed by atoms with Gasteiger partial charge in [0.05, 0.1) is 6.20 Å². The summed E-state index contributed by atoms with van der Waals surface area (Å²) in [6.07, 6.45) is -6.00. The van der Waals surface area contributed by atoms with Crippen LogP contribution in [0.15, 0.2) is 11.0 Å². The standard InChI is InChI=1S/C8H13N4O8P/c9-2-1-10-12(8(16)11-2)6-4(14)3(13)5(20-6)7(15)21(17,18)19/h1,3-7,13-15H,(H2,9,11,16)(H2,17,18,19)/t3-,4+,5-,6+,7+/m0/s1. The van der Waals surface area contributed by atoms with E-state index in [0.29, 0.717) is 4.68 Å². The van der Waals surface area contributed by atoms with Crippen molar-refractivity contribution in [2.24, 2.45) is 0 Å². The number of nitrogens with zero attached hydrogens (tertiary/aromatic N) is 3. The van der Waals surface area contributed by atoms with Crippen LogP contribution in [0.5, 0.6) is 0 Å². The van der Waals surface area contributed by atoms with E-state index in [1.54, 1.807) is 0 Å². The van der Waals surface area contributed by atoms with Crippen LogP contribution in [0.3, 0.4) is 0 Å². The van der Waals surface area contributed by atoms with Crippen molar-refractivity contribution >= 4 is 13.4 Å². The highest BCUT2D eigenvalue weighted by atomic mass is 31.2. The second-order valence-corrected chi connectivity index (χ2v) is 6.09. The predicted octanol–water partition coefficient (Wildman–Crippen LogP) is -3.66. The van der Waals surface area contributed by atoms with E-state index in [-0.39, 0.29) is 5.82 Å². The Balaban J connectivity index is 2.32. The molecule has 1 aromatic rings. The number of aromatic nitrogens is 3. The normalized spacial score (nSPS) is 31.3. The minimum Gasteiger partial charge on any atom is -0.387 e. The molecule has 2 rings (SSSR count). The molecule has 2 heterocycles. The van der Waals surface area contributed by atoms with Gasteiger partial charge in [-0.15, -0.1) is 0 Å². The molecule has 0 unspecified atom stereocenters. The molecule has 0 spiro atoms. The van der Waals surface area contributed by atoms with E-state index in [9.17, 15) is 24.7 Å². The lowest BCUT2D eigenvalue weighted by Gasteiger charge is -2.21. The molecule has 0 aliphatic carbocycles.